The summed E-state index contributed by atoms with van der Waals surface area (Å²) in [6, 6.07) is 10.8. The van der Waals surface area contributed by atoms with Gasteiger partial charge in [0.1, 0.15) is 6.07 Å². The van der Waals surface area contributed by atoms with Crippen molar-refractivity contribution in [3.8, 4) is 11.8 Å². The SMILES string of the molecule is CCCCCOC1CCC(c2ccc(C(=O)Oc3ccc(C#N)c(F)c3F)cc2)CC1. The fourth-order valence-electron chi connectivity index (χ4n) is 3.91. The summed E-state index contributed by atoms with van der Waals surface area (Å²) in [6.45, 7) is 3.02. The van der Waals surface area contributed by atoms with Gasteiger partial charge in [-0.05, 0) is 67.9 Å². The summed E-state index contributed by atoms with van der Waals surface area (Å²) in [5.74, 6) is -3.57. The molecule has 0 radical (unpaired) electrons. The lowest BCUT2D eigenvalue weighted by Gasteiger charge is -2.29. The lowest BCUT2D eigenvalue weighted by Crippen LogP contribution is -2.21. The number of hydrogen-bond acceptors (Lipinski definition) is 4. The van der Waals surface area contributed by atoms with Gasteiger partial charge in [0.2, 0.25) is 5.82 Å². The minimum atomic E-state index is -1.35. The van der Waals surface area contributed by atoms with Gasteiger partial charge in [-0.15, -0.1) is 0 Å². The Bertz CT molecular complexity index is 929. The number of rotatable bonds is 8. The Kier molecular flexibility index (Phi) is 8.13. The Balaban J connectivity index is 1.54. The van der Waals surface area contributed by atoms with E-state index in [1.165, 1.54) is 18.9 Å². The molecule has 0 aromatic heterocycles. The van der Waals surface area contributed by atoms with Crippen molar-refractivity contribution in [2.45, 2.75) is 63.9 Å². The van der Waals surface area contributed by atoms with E-state index in [9.17, 15) is 13.6 Å². The van der Waals surface area contributed by atoms with E-state index in [4.69, 9.17) is 14.7 Å². The lowest BCUT2D eigenvalue weighted by molar-refractivity contribution is 0.0227. The van der Waals surface area contributed by atoms with E-state index < -0.39 is 28.9 Å². The highest BCUT2D eigenvalue weighted by molar-refractivity contribution is 5.91. The van der Waals surface area contributed by atoms with Crippen LogP contribution in [0.25, 0.3) is 0 Å². The largest absolute Gasteiger partial charge is 0.420 e. The Morgan fingerprint density at radius 2 is 1.74 bits per heavy atom. The van der Waals surface area contributed by atoms with Gasteiger partial charge < -0.3 is 9.47 Å². The van der Waals surface area contributed by atoms with Crippen LogP contribution in [0.15, 0.2) is 36.4 Å². The van der Waals surface area contributed by atoms with Crippen LogP contribution in [0.2, 0.25) is 0 Å². The quantitative estimate of drug-likeness (QED) is 0.282. The van der Waals surface area contributed by atoms with E-state index in [-0.39, 0.29) is 5.56 Å². The van der Waals surface area contributed by atoms with Gasteiger partial charge in [0.15, 0.2) is 11.6 Å². The van der Waals surface area contributed by atoms with Crippen LogP contribution in [-0.4, -0.2) is 18.7 Å². The second-order valence-corrected chi connectivity index (χ2v) is 7.91. The highest BCUT2D eigenvalue weighted by Crippen LogP contribution is 2.34. The Hall–Kier alpha value is -2.78. The maximum Gasteiger partial charge on any atom is 0.343 e. The van der Waals surface area contributed by atoms with Gasteiger partial charge in [0.25, 0.3) is 0 Å². The molecule has 1 aliphatic rings. The van der Waals surface area contributed by atoms with Gasteiger partial charge in [0, 0.05) is 6.61 Å². The number of hydrogen-bond donors (Lipinski definition) is 0. The third-order valence-electron chi connectivity index (χ3n) is 5.76. The summed E-state index contributed by atoms with van der Waals surface area (Å²) in [5, 5.41) is 8.73. The number of carbonyl (C=O) groups is 1. The molecule has 0 saturated heterocycles. The van der Waals surface area contributed by atoms with E-state index in [0.717, 1.165) is 56.4 Å². The molecule has 0 N–H and O–H groups in total. The summed E-state index contributed by atoms with van der Waals surface area (Å²) in [5.41, 5.74) is 0.958. The van der Waals surface area contributed by atoms with Crippen LogP contribution in [-0.2, 0) is 4.74 Å². The average molecular weight is 427 g/mol. The predicted molar refractivity (Wildman–Crippen MR) is 113 cm³/mol. The number of esters is 1. The molecule has 2 aromatic rings. The number of unbranched alkanes of at least 4 members (excludes halogenated alkanes) is 2. The molecular formula is C25H27F2NO3. The van der Waals surface area contributed by atoms with Crippen molar-refractivity contribution in [1.82, 2.24) is 0 Å². The summed E-state index contributed by atoms with van der Waals surface area (Å²) in [6.07, 6.45) is 8.00. The minimum absolute atomic E-state index is 0.251. The molecule has 164 valence electrons. The van der Waals surface area contributed by atoms with E-state index in [1.807, 2.05) is 12.1 Å². The Morgan fingerprint density at radius 3 is 2.39 bits per heavy atom. The molecule has 0 heterocycles. The first-order valence-corrected chi connectivity index (χ1v) is 10.8. The third-order valence-corrected chi connectivity index (χ3v) is 5.76. The Labute approximate surface area is 181 Å². The van der Waals surface area contributed by atoms with Crippen molar-refractivity contribution in [2.75, 3.05) is 6.61 Å². The molecule has 0 atom stereocenters. The lowest BCUT2D eigenvalue weighted by atomic mass is 9.82. The molecular weight excluding hydrogens is 400 g/mol. The average Bonchev–Trinajstić information content (AvgIpc) is 2.80. The first-order valence-electron chi connectivity index (χ1n) is 10.8. The molecule has 31 heavy (non-hydrogen) atoms. The van der Waals surface area contributed by atoms with Crippen LogP contribution in [0.4, 0.5) is 8.78 Å². The molecule has 0 spiro atoms. The van der Waals surface area contributed by atoms with Gasteiger partial charge in [-0.3, -0.25) is 0 Å². The summed E-state index contributed by atoms with van der Waals surface area (Å²) >= 11 is 0. The van der Waals surface area contributed by atoms with Crippen molar-refractivity contribution < 1.29 is 23.0 Å². The standard InChI is InChI=1S/C25H27F2NO3/c1-2-3-4-15-30-21-12-9-18(10-13-21)17-5-7-19(8-6-17)25(29)31-22-14-11-20(16-28)23(26)24(22)27/h5-8,11,14,18,21H,2-4,9-10,12-13,15H2,1H3. The normalized spacial score (nSPS) is 18.4. The number of halogens is 2. The molecule has 1 aliphatic carbocycles. The van der Waals surface area contributed by atoms with Crippen molar-refractivity contribution in [3.63, 3.8) is 0 Å². The van der Waals surface area contributed by atoms with Crippen LogP contribution >= 0.6 is 0 Å². The van der Waals surface area contributed by atoms with Gasteiger partial charge in [-0.1, -0.05) is 31.9 Å². The van der Waals surface area contributed by atoms with Crippen molar-refractivity contribution >= 4 is 5.97 Å². The van der Waals surface area contributed by atoms with Crippen LogP contribution in [0, 0.1) is 23.0 Å². The zero-order valence-corrected chi connectivity index (χ0v) is 17.7. The summed E-state index contributed by atoms with van der Waals surface area (Å²) in [7, 11) is 0. The maximum atomic E-state index is 14.0. The van der Waals surface area contributed by atoms with Crippen molar-refractivity contribution in [2.24, 2.45) is 0 Å². The van der Waals surface area contributed by atoms with Crippen LogP contribution in [0.5, 0.6) is 5.75 Å². The zero-order chi connectivity index (χ0) is 22.2. The fourth-order valence-corrected chi connectivity index (χ4v) is 3.91. The number of benzene rings is 2. The number of carbonyl (C=O) groups excluding carboxylic acids is 1. The monoisotopic (exact) mass is 427 g/mol. The van der Waals surface area contributed by atoms with Crippen LogP contribution in [0.3, 0.4) is 0 Å². The minimum Gasteiger partial charge on any atom is -0.420 e. The number of nitrogens with zero attached hydrogens (tertiary/aromatic N) is 1. The molecule has 4 nitrogen and oxygen atoms in total. The van der Waals surface area contributed by atoms with Crippen molar-refractivity contribution in [3.05, 3.63) is 64.7 Å². The molecule has 6 heteroatoms. The van der Waals surface area contributed by atoms with Crippen molar-refractivity contribution in [1.29, 1.82) is 5.26 Å². The first kappa shape index (κ1) is 22.9. The van der Waals surface area contributed by atoms with E-state index in [1.54, 1.807) is 12.1 Å². The molecule has 1 fully saturated rings. The molecule has 0 amide bonds. The highest BCUT2D eigenvalue weighted by Gasteiger charge is 2.23. The van der Waals surface area contributed by atoms with Gasteiger partial charge in [-0.25, -0.2) is 9.18 Å². The van der Waals surface area contributed by atoms with E-state index in [2.05, 4.69) is 6.92 Å². The van der Waals surface area contributed by atoms with Crippen LogP contribution in [0.1, 0.15) is 79.3 Å². The second kappa shape index (κ2) is 11.0. The first-order chi connectivity index (χ1) is 15.0. The number of ether oxygens (including phenoxy) is 2. The van der Waals surface area contributed by atoms with Gasteiger partial charge in [0.05, 0.1) is 17.2 Å². The third kappa shape index (κ3) is 5.89. The Morgan fingerprint density at radius 1 is 1.03 bits per heavy atom. The van der Waals surface area contributed by atoms with E-state index in [0.29, 0.717) is 12.0 Å². The topological polar surface area (TPSA) is 59.3 Å². The molecule has 1 saturated carbocycles. The van der Waals surface area contributed by atoms with Gasteiger partial charge in [-0.2, -0.15) is 9.65 Å². The smallest absolute Gasteiger partial charge is 0.343 e. The molecule has 0 unspecified atom stereocenters. The van der Waals surface area contributed by atoms with Crippen LogP contribution < -0.4 is 4.74 Å². The van der Waals surface area contributed by atoms with E-state index >= 15 is 0 Å². The summed E-state index contributed by atoms with van der Waals surface area (Å²) < 4.78 is 38.6. The maximum absolute atomic E-state index is 14.0. The molecule has 2 aromatic carbocycles. The second-order valence-electron chi connectivity index (χ2n) is 7.91. The van der Waals surface area contributed by atoms with Gasteiger partial charge >= 0.3 is 5.97 Å². The zero-order valence-electron chi connectivity index (χ0n) is 17.7. The summed E-state index contributed by atoms with van der Waals surface area (Å²) in [4.78, 5) is 12.3. The molecule has 0 aliphatic heterocycles. The molecule has 3 rings (SSSR count). The predicted octanol–water partition coefficient (Wildman–Crippen LogP) is 6.29. The highest BCUT2D eigenvalue weighted by atomic mass is 19.2. The fraction of sp³-hybridized carbons (Fsp3) is 0.440. The molecule has 0 bridgehead atoms. The number of nitriles is 1.